The first-order valence-electron chi connectivity index (χ1n) is 6.30. The number of nitrogens with one attached hydrogen (secondary N) is 1. The van der Waals surface area contributed by atoms with Crippen LogP contribution in [-0.2, 0) is 5.41 Å². The Morgan fingerprint density at radius 1 is 1.41 bits per heavy atom. The van der Waals surface area contributed by atoms with E-state index in [0.717, 1.165) is 19.0 Å². The minimum atomic E-state index is 0.252. The largest absolute Gasteiger partial charge is 0.316 e. The summed E-state index contributed by atoms with van der Waals surface area (Å²) >= 11 is 5.59. The fourth-order valence-electron chi connectivity index (χ4n) is 1.85. The molecule has 1 nitrogen and oxygen atoms in total. The molecule has 0 amide bonds. The van der Waals surface area contributed by atoms with Crippen LogP contribution in [0.3, 0.4) is 0 Å². The molecule has 0 aliphatic carbocycles. The first kappa shape index (κ1) is 15.2. The summed E-state index contributed by atoms with van der Waals surface area (Å²) in [5.74, 6) is 0.730. The molecule has 0 aromatic carbocycles. The van der Waals surface area contributed by atoms with Gasteiger partial charge in [-0.15, -0.1) is 11.3 Å². The first-order valence-corrected chi connectivity index (χ1v) is 7.91. The van der Waals surface area contributed by atoms with Gasteiger partial charge in [-0.3, -0.25) is 0 Å². The Morgan fingerprint density at radius 2 is 2.06 bits per heavy atom. The van der Waals surface area contributed by atoms with E-state index in [1.165, 1.54) is 20.6 Å². The van der Waals surface area contributed by atoms with Crippen LogP contribution in [0.4, 0.5) is 0 Å². The Morgan fingerprint density at radius 3 is 2.53 bits per heavy atom. The van der Waals surface area contributed by atoms with Crippen molar-refractivity contribution in [2.45, 2.75) is 46.5 Å². The molecular weight excluding hydrogens is 294 g/mol. The molecule has 0 saturated carbocycles. The average Bonchev–Trinajstić information content (AvgIpc) is 2.53. The molecule has 1 aromatic rings. The Bertz CT molecular complexity index is 355. The second-order valence-electron chi connectivity index (χ2n) is 5.77. The third kappa shape index (κ3) is 4.72. The Hall–Kier alpha value is 0.140. The lowest BCUT2D eigenvalue weighted by molar-refractivity contribution is 0.447. The predicted octanol–water partition coefficient (Wildman–Crippen LogP) is 4.73. The second kappa shape index (κ2) is 6.35. The van der Waals surface area contributed by atoms with E-state index in [1.807, 2.05) is 11.3 Å². The average molecular weight is 318 g/mol. The van der Waals surface area contributed by atoms with Gasteiger partial charge >= 0.3 is 0 Å². The SMILES string of the molecule is Cc1cc(Br)c(C(C)(C)CCNCC(C)C)s1. The summed E-state index contributed by atoms with van der Waals surface area (Å²) in [6.45, 7) is 13.5. The topological polar surface area (TPSA) is 12.0 Å². The molecule has 0 saturated heterocycles. The molecule has 17 heavy (non-hydrogen) atoms. The Labute approximate surface area is 118 Å². The summed E-state index contributed by atoms with van der Waals surface area (Å²) in [4.78, 5) is 2.86. The quantitative estimate of drug-likeness (QED) is 0.748. The highest BCUT2D eigenvalue weighted by Crippen LogP contribution is 2.38. The van der Waals surface area contributed by atoms with Crippen LogP contribution in [0.5, 0.6) is 0 Å². The Kier molecular flexibility index (Phi) is 5.68. The van der Waals surface area contributed by atoms with E-state index >= 15 is 0 Å². The number of rotatable bonds is 6. The highest BCUT2D eigenvalue weighted by molar-refractivity contribution is 9.10. The number of hydrogen-bond donors (Lipinski definition) is 1. The maximum atomic E-state index is 3.68. The minimum Gasteiger partial charge on any atom is -0.316 e. The van der Waals surface area contributed by atoms with Crippen LogP contribution >= 0.6 is 27.3 Å². The zero-order valence-corrected chi connectivity index (χ0v) is 14.0. The maximum absolute atomic E-state index is 3.68. The standard InChI is InChI=1S/C14H24BrNS/c1-10(2)9-16-7-6-14(4,5)13-12(15)8-11(3)17-13/h8,10,16H,6-7,9H2,1-5H3. The molecule has 0 aliphatic rings. The van der Waals surface area contributed by atoms with Gasteiger partial charge in [-0.25, -0.2) is 0 Å². The van der Waals surface area contributed by atoms with Gasteiger partial charge in [-0.05, 0) is 54.3 Å². The molecule has 0 aliphatic heterocycles. The molecule has 0 spiro atoms. The highest BCUT2D eigenvalue weighted by Gasteiger charge is 2.24. The third-order valence-electron chi connectivity index (χ3n) is 2.90. The highest BCUT2D eigenvalue weighted by atomic mass is 79.9. The summed E-state index contributed by atoms with van der Waals surface area (Å²) in [5, 5.41) is 3.53. The second-order valence-corrected chi connectivity index (χ2v) is 7.88. The van der Waals surface area contributed by atoms with Crippen LogP contribution in [0, 0.1) is 12.8 Å². The fraction of sp³-hybridized carbons (Fsp3) is 0.714. The van der Waals surface area contributed by atoms with Crippen molar-refractivity contribution >= 4 is 27.3 Å². The van der Waals surface area contributed by atoms with Gasteiger partial charge in [0.2, 0.25) is 0 Å². The summed E-state index contributed by atoms with van der Waals surface area (Å²) < 4.78 is 1.27. The van der Waals surface area contributed by atoms with Crippen molar-refractivity contribution in [1.29, 1.82) is 0 Å². The number of hydrogen-bond acceptors (Lipinski definition) is 2. The van der Waals surface area contributed by atoms with E-state index in [9.17, 15) is 0 Å². The molecule has 0 fully saturated rings. The van der Waals surface area contributed by atoms with Crippen LogP contribution in [0.1, 0.15) is 43.9 Å². The maximum Gasteiger partial charge on any atom is 0.0322 e. The number of halogens is 1. The lowest BCUT2D eigenvalue weighted by atomic mass is 9.87. The summed E-state index contributed by atoms with van der Waals surface area (Å²) in [7, 11) is 0. The minimum absolute atomic E-state index is 0.252. The van der Waals surface area contributed by atoms with E-state index in [2.05, 4.69) is 61.9 Å². The molecule has 98 valence electrons. The molecule has 0 bridgehead atoms. The molecule has 0 atom stereocenters. The van der Waals surface area contributed by atoms with Gasteiger partial charge < -0.3 is 5.32 Å². The Balaban J connectivity index is 2.53. The molecular formula is C14H24BrNS. The van der Waals surface area contributed by atoms with Crippen molar-refractivity contribution in [2.75, 3.05) is 13.1 Å². The smallest absolute Gasteiger partial charge is 0.0322 e. The number of thiophene rings is 1. The van der Waals surface area contributed by atoms with Crippen molar-refractivity contribution < 1.29 is 0 Å². The van der Waals surface area contributed by atoms with Gasteiger partial charge in [0.25, 0.3) is 0 Å². The molecule has 1 heterocycles. The van der Waals surface area contributed by atoms with Gasteiger partial charge in [-0.2, -0.15) is 0 Å². The van der Waals surface area contributed by atoms with Gasteiger partial charge in [0.15, 0.2) is 0 Å². The van der Waals surface area contributed by atoms with Crippen LogP contribution in [0.25, 0.3) is 0 Å². The van der Waals surface area contributed by atoms with E-state index in [-0.39, 0.29) is 5.41 Å². The van der Waals surface area contributed by atoms with Gasteiger partial charge in [0.1, 0.15) is 0 Å². The third-order valence-corrected chi connectivity index (χ3v) is 5.21. The van der Waals surface area contributed by atoms with Crippen LogP contribution in [0.15, 0.2) is 10.5 Å². The van der Waals surface area contributed by atoms with Crippen molar-refractivity contribution in [3.8, 4) is 0 Å². The molecule has 0 radical (unpaired) electrons. The summed E-state index contributed by atoms with van der Waals surface area (Å²) in [6.07, 6.45) is 1.18. The van der Waals surface area contributed by atoms with E-state index in [1.54, 1.807) is 0 Å². The molecule has 1 N–H and O–H groups in total. The molecule has 1 aromatic heterocycles. The number of aryl methyl sites for hydroxylation is 1. The zero-order valence-electron chi connectivity index (χ0n) is 11.6. The van der Waals surface area contributed by atoms with Crippen molar-refractivity contribution in [2.24, 2.45) is 5.92 Å². The summed E-state index contributed by atoms with van der Waals surface area (Å²) in [5.41, 5.74) is 0.252. The lowest BCUT2D eigenvalue weighted by Gasteiger charge is -2.24. The normalized spacial score (nSPS) is 12.4. The predicted molar refractivity (Wildman–Crippen MR) is 82.1 cm³/mol. The van der Waals surface area contributed by atoms with Crippen molar-refractivity contribution in [1.82, 2.24) is 5.32 Å². The van der Waals surface area contributed by atoms with E-state index in [0.29, 0.717) is 0 Å². The monoisotopic (exact) mass is 317 g/mol. The molecule has 3 heteroatoms. The molecule has 0 unspecified atom stereocenters. The van der Waals surface area contributed by atoms with E-state index in [4.69, 9.17) is 0 Å². The molecule has 1 rings (SSSR count). The summed E-state index contributed by atoms with van der Waals surface area (Å²) in [6, 6.07) is 2.23. The van der Waals surface area contributed by atoms with Gasteiger partial charge in [0, 0.05) is 19.6 Å². The van der Waals surface area contributed by atoms with Gasteiger partial charge in [0.05, 0.1) is 0 Å². The van der Waals surface area contributed by atoms with Crippen LogP contribution in [-0.4, -0.2) is 13.1 Å². The van der Waals surface area contributed by atoms with Crippen molar-refractivity contribution in [3.63, 3.8) is 0 Å². The zero-order chi connectivity index (χ0) is 13.1. The van der Waals surface area contributed by atoms with E-state index < -0.39 is 0 Å². The van der Waals surface area contributed by atoms with Gasteiger partial charge in [-0.1, -0.05) is 27.7 Å². The lowest BCUT2D eigenvalue weighted by Crippen LogP contribution is -2.27. The van der Waals surface area contributed by atoms with Crippen LogP contribution in [0.2, 0.25) is 0 Å². The van der Waals surface area contributed by atoms with Crippen molar-refractivity contribution in [3.05, 3.63) is 20.3 Å². The fourth-order valence-corrected chi connectivity index (χ4v) is 4.16. The van der Waals surface area contributed by atoms with Crippen LogP contribution < -0.4 is 5.32 Å². The first-order chi connectivity index (χ1) is 7.83.